The number of amides is 1. The fraction of sp³-hybridized carbons (Fsp3) is 0.650. The molecule has 0 aromatic heterocycles. The number of rotatable bonds is 7. The summed E-state index contributed by atoms with van der Waals surface area (Å²) in [5.74, 6) is -0.200. The molecular weight excluding hydrogens is 376 g/mol. The number of hydrogen-bond acceptors (Lipinski definition) is 5. The number of likely N-dealkylation sites (N-methyl/N-ethyl adjacent to an activating group) is 1. The van der Waals surface area contributed by atoms with Crippen molar-refractivity contribution in [3.05, 3.63) is 29.3 Å². The van der Waals surface area contributed by atoms with Crippen LogP contribution in [0.1, 0.15) is 35.2 Å². The van der Waals surface area contributed by atoms with Gasteiger partial charge in [-0.3, -0.25) is 4.79 Å². The summed E-state index contributed by atoms with van der Waals surface area (Å²) in [5.41, 5.74) is 1.23. The van der Waals surface area contributed by atoms with Crippen LogP contribution in [-0.2, 0) is 10.0 Å². The maximum atomic E-state index is 13.0. The molecule has 28 heavy (non-hydrogen) atoms. The predicted molar refractivity (Wildman–Crippen MR) is 110 cm³/mol. The molecule has 1 amide bonds. The van der Waals surface area contributed by atoms with E-state index in [1.807, 2.05) is 14.0 Å². The largest absolute Gasteiger partial charge is 0.352 e. The predicted octanol–water partition coefficient (Wildman–Crippen LogP) is 1.15. The van der Waals surface area contributed by atoms with E-state index in [1.54, 1.807) is 12.1 Å². The average molecular weight is 409 g/mol. The van der Waals surface area contributed by atoms with Crippen molar-refractivity contribution in [1.29, 1.82) is 0 Å². The number of likely N-dealkylation sites (tertiary alicyclic amines) is 1. The number of benzene rings is 1. The van der Waals surface area contributed by atoms with Gasteiger partial charge in [-0.1, -0.05) is 6.07 Å². The van der Waals surface area contributed by atoms with Gasteiger partial charge in [-0.25, -0.2) is 8.42 Å². The molecule has 0 bridgehead atoms. The van der Waals surface area contributed by atoms with Gasteiger partial charge < -0.3 is 15.1 Å². The van der Waals surface area contributed by atoms with Crippen molar-refractivity contribution in [2.24, 2.45) is 0 Å². The molecule has 0 saturated carbocycles. The van der Waals surface area contributed by atoms with Gasteiger partial charge in [0.1, 0.15) is 0 Å². The number of sulfonamides is 1. The molecule has 2 fully saturated rings. The third kappa shape index (κ3) is 5.11. The second kappa shape index (κ2) is 9.35. The molecule has 0 unspecified atom stereocenters. The van der Waals surface area contributed by atoms with Crippen molar-refractivity contribution >= 4 is 15.9 Å². The minimum Gasteiger partial charge on any atom is -0.352 e. The normalized spacial score (nSPS) is 19.8. The smallest absolute Gasteiger partial charge is 0.251 e. The van der Waals surface area contributed by atoms with Crippen LogP contribution in [0.5, 0.6) is 0 Å². The monoisotopic (exact) mass is 408 g/mol. The van der Waals surface area contributed by atoms with Crippen LogP contribution in [0, 0.1) is 6.92 Å². The van der Waals surface area contributed by atoms with Gasteiger partial charge in [-0.15, -0.1) is 0 Å². The molecule has 0 radical (unpaired) electrons. The van der Waals surface area contributed by atoms with E-state index in [-0.39, 0.29) is 10.8 Å². The molecule has 2 aliphatic rings. The maximum absolute atomic E-state index is 13.0. The highest BCUT2D eigenvalue weighted by Crippen LogP contribution is 2.21. The lowest BCUT2D eigenvalue weighted by Gasteiger charge is -2.31. The summed E-state index contributed by atoms with van der Waals surface area (Å²) >= 11 is 0. The highest BCUT2D eigenvalue weighted by Gasteiger charge is 2.28. The van der Waals surface area contributed by atoms with E-state index >= 15 is 0 Å². The minimum absolute atomic E-state index is 0.199. The number of nitrogens with zero attached hydrogens (tertiary/aromatic N) is 3. The lowest BCUT2D eigenvalue weighted by atomic mass is 10.1. The fourth-order valence-corrected chi connectivity index (χ4v) is 5.24. The number of piperazine rings is 1. The topological polar surface area (TPSA) is 73.0 Å². The molecule has 2 aliphatic heterocycles. The van der Waals surface area contributed by atoms with Crippen LogP contribution in [-0.4, -0.2) is 87.8 Å². The highest BCUT2D eigenvalue weighted by molar-refractivity contribution is 7.89. The first-order valence-corrected chi connectivity index (χ1v) is 11.6. The standard InChI is InChI=1S/C20H32N4O3S/c1-17-6-7-18(28(26,27)24-14-12-22(2)13-15-24)16-19(17)20(25)21-8-5-11-23-9-3-4-10-23/h6-7,16H,3-5,8-15H2,1-2H3,(H,21,25). The first-order valence-electron chi connectivity index (χ1n) is 10.2. The van der Waals surface area contributed by atoms with Crippen LogP contribution >= 0.6 is 0 Å². The van der Waals surface area contributed by atoms with E-state index in [0.29, 0.717) is 25.2 Å². The van der Waals surface area contributed by atoms with Crippen molar-refractivity contribution in [3.63, 3.8) is 0 Å². The molecule has 1 N–H and O–H groups in total. The summed E-state index contributed by atoms with van der Waals surface area (Å²) in [7, 11) is -1.59. The van der Waals surface area contributed by atoms with E-state index in [2.05, 4.69) is 15.1 Å². The third-order valence-electron chi connectivity index (χ3n) is 5.69. The fourth-order valence-electron chi connectivity index (χ4n) is 3.79. The Morgan fingerprint density at radius 3 is 2.43 bits per heavy atom. The van der Waals surface area contributed by atoms with Crippen LogP contribution < -0.4 is 5.32 Å². The number of hydrogen-bond donors (Lipinski definition) is 1. The SMILES string of the molecule is Cc1ccc(S(=O)(=O)N2CCN(C)CC2)cc1C(=O)NCCCN1CCCC1. The zero-order valence-corrected chi connectivity index (χ0v) is 17.8. The Morgan fingerprint density at radius 1 is 1.07 bits per heavy atom. The number of carbonyl (C=O) groups excluding carboxylic acids is 1. The molecule has 8 heteroatoms. The van der Waals surface area contributed by atoms with Crippen LogP contribution in [0.2, 0.25) is 0 Å². The van der Waals surface area contributed by atoms with Gasteiger partial charge in [0.25, 0.3) is 5.91 Å². The molecule has 7 nitrogen and oxygen atoms in total. The molecule has 0 atom stereocenters. The minimum atomic E-state index is -3.57. The molecule has 0 aliphatic carbocycles. The third-order valence-corrected chi connectivity index (χ3v) is 7.58. The molecule has 2 heterocycles. The summed E-state index contributed by atoms with van der Waals surface area (Å²) in [6.45, 7) is 8.13. The maximum Gasteiger partial charge on any atom is 0.251 e. The zero-order valence-electron chi connectivity index (χ0n) is 17.0. The first kappa shape index (κ1) is 21.2. The van der Waals surface area contributed by atoms with Gasteiger partial charge in [0.2, 0.25) is 10.0 Å². The van der Waals surface area contributed by atoms with Crippen molar-refractivity contribution in [2.45, 2.75) is 31.1 Å². The second-order valence-corrected chi connectivity index (χ2v) is 9.78. The van der Waals surface area contributed by atoms with Crippen LogP contribution in [0.25, 0.3) is 0 Å². The Kier molecular flexibility index (Phi) is 7.09. The van der Waals surface area contributed by atoms with E-state index < -0.39 is 10.0 Å². The molecular formula is C20H32N4O3S. The molecule has 156 valence electrons. The quantitative estimate of drug-likeness (QED) is 0.685. The van der Waals surface area contributed by atoms with Gasteiger partial charge in [0.05, 0.1) is 4.90 Å². The van der Waals surface area contributed by atoms with E-state index in [0.717, 1.165) is 44.7 Å². The molecule has 2 saturated heterocycles. The molecule has 1 aromatic rings. The Balaban J connectivity index is 1.62. The Bertz CT molecular complexity index is 783. The molecule has 1 aromatic carbocycles. The summed E-state index contributed by atoms with van der Waals surface area (Å²) in [6.07, 6.45) is 3.43. The molecule has 0 spiro atoms. The highest BCUT2D eigenvalue weighted by atomic mass is 32.2. The average Bonchev–Trinajstić information content (AvgIpc) is 3.19. The number of carbonyl (C=O) groups is 1. The number of nitrogens with one attached hydrogen (secondary N) is 1. The summed E-state index contributed by atoms with van der Waals surface area (Å²) in [6, 6.07) is 4.86. The van der Waals surface area contributed by atoms with Gasteiger partial charge in [0.15, 0.2) is 0 Å². The number of aryl methyl sites for hydroxylation is 1. The van der Waals surface area contributed by atoms with Gasteiger partial charge >= 0.3 is 0 Å². The summed E-state index contributed by atoms with van der Waals surface area (Å²) < 4.78 is 27.4. The summed E-state index contributed by atoms with van der Waals surface area (Å²) in [5, 5.41) is 2.95. The van der Waals surface area contributed by atoms with Crippen molar-refractivity contribution < 1.29 is 13.2 Å². The van der Waals surface area contributed by atoms with Crippen molar-refractivity contribution in [2.75, 3.05) is 59.4 Å². The van der Waals surface area contributed by atoms with Crippen LogP contribution in [0.4, 0.5) is 0 Å². The van der Waals surface area contributed by atoms with Gasteiger partial charge in [0, 0.05) is 38.3 Å². The first-order chi connectivity index (χ1) is 13.4. The Labute approximate surface area is 168 Å². The van der Waals surface area contributed by atoms with Crippen molar-refractivity contribution in [1.82, 2.24) is 19.4 Å². The zero-order chi connectivity index (χ0) is 20.1. The Hall–Kier alpha value is -1.48. The van der Waals surface area contributed by atoms with Crippen molar-refractivity contribution in [3.8, 4) is 0 Å². The lowest BCUT2D eigenvalue weighted by molar-refractivity contribution is 0.0951. The van der Waals surface area contributed by atoms with E-state index in [9.17, 15) is 13.2 Å². The summed E-state index contributed by atoms with van der Waals surface area (Å²) in [4.78, 5) is 17.3. The second-order valence-electron chi connectivity index (χ2n) is 7.84. The van der Waals surface area contributed by atoms with E-state index in [4.69, 9.17) is 0 Å². The molecule has 3 rings (SSSR count). The lowest BCUT2D eigenvalue weighted by Crippen LogP contribution is -2.47. The van der Waals surface area contributed by atoms with E-state index in [1.165, 1.54) is 23.2 Å². The van der Waals surface area contributed by atoms with Gasteiger partial charge in [-0.05, 0) is 70.6 Å². The Morgan fingerprint density at radius 2 is 1.75 bits per heavy atom. The van der Waals surface area contributed by atoms with Crippen LogP contribution in [0.3, 0.4) is 0 Å². The van der Waals surface area contributed by atoms with Crippen LogP contribution in [0.15, 0.2) is 23.1 Å². The van der Waals surface area contributed by atoms with Gasteiger partial charge in [-0.2, -0.15) is 4.31 Å².